The van der Waals surface area contributed by atoms with Gasteiger partial charge in [-0.3, -0.25) is 4.79 Å². The molecule has 5 rings (SSSR count). The molecule has 0 aliphatic carbocycles. The first-order valence-electron chi connectivity index (χ1n) is 11.4. The summed E-state index contributed by atoms with van der Waals surface area (Å²) in [6.45, 7) is 2.00. The van der Waals surface area contributed by atoms with Gasteiger partial charge in [-0.05, 0) is 47.4 Å². The van der Waals surface area contributed by atoms with Crippen LogP contribution in [0, 0.1) is 6.92 Å². The van der Waals surface area contributed by atoms with Crippen molar-refractivity contribution in [3.8, 4) is 28.1 Å². The highest BCUT2D eigenvalue weighted by molar-refractivity contribution is 5.94. The van der Waals surface area contributed by atoms with E-state index in [0.29, 0.717) is 0 Å². The normalized spacial score (nSPS) is 11.0. The summed E-state index contributed by atoms with van der Waals surface area (Å²) in [7, 11) is 0. The lowest BCUT2D eigenvalue weighted by Gasteiger charge is -2.08. The topological polar surface area (TPSA) is 59.3 Å². The Hall–Kier alpha value is -4.77. The summed E-state index contributed by atoms with van der Waals surface area (Å²) in [5, 5.41) is 8.75. The number of carbonyl (C=O) groups is 1. The van der Waals surface area contributed by atoms with Crippen LogP contribution in [0.5, 0.6) is 0 Å². The maximum absolute atomic E-state index is 12.9. The summed E-state index contributed by atoms with van der Waals surface area (Å²) in [5.74, 6) is -0.369. The minimum Gasteiger partial charge on any atom is -0.265 e. The van der Waals surface area contributed by atoms with Gasteiger partial charge in [-0.1, -0.05) is 97.1 Å². The fourth-order valence-corrected chi connectivity index (χ4v) is 3.88. The van der Waals surface area contributed by atoms with Crippen LogP contribution in [0.3, 0.4) is 0 Å². The van der Waals surface area contributed by atoms with Crippen LogP contribution in [0.1, 0.15) is 21.6 Å². The number of amides is 1. The van der Waals surface area contributed by atoms with Crippen molar-refractivity contribution in [1.82, 2.24) is 15.2 Å². The van der Waals surface area contributed by atoms with Crippen LogP contribution in [0.25, 0.3) is 28.1 Å². The van der Waals surface area contributed by atoms with E-state index in [1.165, 1.54) is 0 Å². The predicted molar refractivity (Wildman–Crippen MR) is 141 cm³/mol. The van der Waals surface area contributed by atoms with Gasteiger partial charge in [0.15, 0.2) is 5.69 Å². The van der Waals surface area contributed by atoms with Gasteiger partial charge in [0.1, 0.15) is 0 Å². The van der Waals surface area contributed by atoms with Crippen molar-refractivity contribution in [1.29, 1.82) is 0 Å². The summed E-state index contributed by atoms with van der Waals surface area (Å²) in [6, 6.07) is 37.9. The summed E-state index contributed by atoms with van der Waals surface area (Å²) in [4.78, 5) is 12.9. The van der Waals surface area contributed by atoms with Gasteiger partial charge in [0.25, 0.3) is 5.91 Å². The maximum Gasteiger partial charge on any atom is 0.291 e. The molecule has 0 fully saturated rings. The lowest BCUT2D eigenvalue weighted by atomic mass is 10.0. The quantitative estimate of drug-likeness (QED) is 0.241. The van der Waals surface area contributed by atoms with Crippen LogP contribution in [0.15, 0.2) is 120 Å². The van der Waals surface area contributed by atoms with E-state index in [-0.39, 0.29) is 11.6 Å². The molecule has 1 aromatic heterocycles. The summed E-state index contributed by atoms with van der Waals surface area (Å²) in [6.07, 6.45) is 1.64. The number of hydrazone groups is 1. The average Bonchev–Trinajstić information content (AvgIpc) is 3.37. The zero-order valence-corrected chi connectivity index (χ0v) is 19.3. The molecular formula is C30H24N4O. The number of para-hydroxylation sites is 1. The van der Waals surface area contributed by atoms with Crippen molar-refractivity contribution in [2.45, 2.75) is 6.92 Å². The molecule has 1 N–H and O–H groups in total. The van der Waals surface area contributed by atoms with Crippen LogP contribution < -0.4 is 5.43 Å². The number of nitrogens with one attached hydrogen (secondary N) is 1. The first kappa shape index (κ1) is 22.0. The van der Waals surface area contributed by atoms with Gasteiger partial charge >= 0.3 is 0 Å². The van der Waals surface area contributed by atoms with E-state index >= 15 is 0 Å². The Morgan fingerprint density at radius 1 is 0.771 bits per heavy atom. The fourth-order valence-electron chi connectivity index (χ4n) is 3.88. The maximum atomic E-state index is 12.9. The van der Waals surface area contributed by atoms with Gasteiger partial charge in [0.2, 0.25) is 0 Å². The van der Waals surface area contributed by atoms with Crippen LogP contribution in [-0.4, -0.2) is 21.9 Å². The number of aryl methyl sites for hydroxylation is 1. The summed E-state index contributed by atoms with van der Waals surface area (Å²) >= 11 is 0. The molecule has 5 heteroatoms. The van der Waals surface area contributed by atoms with Crippen LogP contribution in [0.4, 0.5) is 0 Å². The number of hydrogen-bond donors (Lipinski definition) is 1. The second-order valence-electron chi connectivity index (χ2n) is 8.16. The monoisotopic (exact) mass is 456 g/mol. The number of carbonyl (C=O) groups excluding carboxylic acids is 1. The molecule has 0 unspecified atom stereocenters. The molecule has 0 aliphatic rings. The predicted octanol–water partition coefficient (Wildman–Crippen LogP) is 6.28. The van der Waals surface area contributed by atoms with Gasteiger partial charge in [0, 0.05) is 5.56 Å². The van der Waals surface area contributed by atoms with Crippen molar-refractivity contribution in [2.75, 3.05) is 0 Å². The highest BCUT2D eigenvalue weighted by Gasteiger charge is 2.16. The molecule has 5 nitrogen and oxygen atoms in total. The SMILES string of the molecule is Cc1ccccc1/C=N\NC(=O)c1cc(-c2ccc(-c3ccccc3)cc2)n(-c2ccccc2)n1. The Morgan fingerprint density at radius 2 is 1.37 bits per heavy atom. The van der Waals surface area contributed by atoms with Crippen LogP contribution >= 0.6 is 0 Å². The molecule has 0 bridgehead atoms. The highest BCUT2D eigenvalue weighted by Crippen LogP contribution is 2.27. The molecule has 35 heavy (non-hydrogen) atoms. The smallest absolute Gasteiger partial charge is 0.265 e. The molecular weight excluding hydrogens is 432 g/mol. The molecule has 0 aliphatic heterocycles. The fraction of sp³-hybridized carbons (Fsp3) is 0.0333. The summed E-state index contributed by atoms with van der Waals surface area (Å²) < 4.78 is 1.79. The Labute approximate surface area is 204 Å². The molecule has 1 amide bonds. The second kappa shape index (κ2) is 10.0. The Morgan fingerprint density at radius 3 is 2.09 bits per heavy atom. The van der Waals surface area contributed by atoms with Crippen molar-refractivity contribution < 1.29 is 4.79 Å². The van der Waals surface area contributed by atoms with E-state index in [0.717, 1.165) is 39.2 Å². The number of nitrogens with zero attached hydrogens (tertiary/aromatic N) is 3. The van der Waals surface area contributed by atoms with E-state index in [1.54, 1.807) is 17.0 Å². The zero-order chi connectivity index (χ0) is 24.0. The third-order valence-electron chi connectivity index (χ3n) is 5.79. The van der Waals surface area contributed by atoms with Crippen molar-refractivity contribution in [3.05, 3.63) is 132 Å². The third kappa shape index (κ3) is 4.94. The van der Waals surface area contributed by atoms with Crippen LogP contribution in [-0.2, 0) is 0 Å². The summed E-state index contributed by atoms with van der Waals surface area (Å²) in [5.41, 5.74) is 9.86. The van der Waals surface area contributed by atoms with Gasteiger partial charge in [0.05, 0.1) is 17.6 Å². The van der Waals surface area contributed by atoms with E-state index in [1.807, 2.05) is 79.7 Å². The Kier molecular flexibility index (Phi) is 6.31. The molecule has 0 atom stereocenters. The van der Waals surface area contributed by atoms with E-state index in [2.05, 4.69) is 52.0 Å². The minimum atomic E-state index is -0.369. The number of hydrogen-bond acceptors (Lipinski definition) is 3. The van der Waals surface area contributed by atoms with Crippen molar-refractivity contribution in [3.63, 3.8) is 0 Å². The van der Waals surface area contributed by atoms with Gasteiger partial charge in [-0.15, -0.1) is 0 Å². The number of aromatic nitrogens is 2. The first-order chi connectivity index (χ1) is 17.2. The molecule has 0 radical (unpaired) electrons. The third-order valence-corrected chi connectivity index (χ3v) is 5.79. The van der Waals surface area contributed by atoms with E-state index < -0.39 is 0 Å². The molecule has 4 aromatic carbocycles. The number of benzene rings is 4. The molecule has 170 valence electrons. The molecule has 0 spiro atoms. The molecule has 0 saturated carbocycles. The van der Waals surface area contributed by atoms with E-state index in [4.69, 9.17) is 0 Å². The standard InChI is InChI=1S/C30H24N4O/c1-22-10-8-9-13-26(22)21-31-32-30(35)28-20-29(34(33-28)27-14-6-3-7-15-27)25-18-16-24(17-19-25)23-11-4-2-5-12-23/h2-21H,1H3,(H,32,35)/b31-21-. The number of rotatable bonds is 6. The van der Waals surface area contributed by atoms with Crippen molar-refractivity contribution in [2.24, 2.45) is 5.10 Å². The minimum absolute atomic E-state index is 0.290. The highest BCUT2D eigenvalue weighted by atomic mass is 16.2. The van der Waals surface area contributed by atoms with Gasteiger partial charge < -0.3 is 0 Å². The van der Waals surface area contributed by atoms with Crippen molar-refractivity contribution >= 4 is 12.1 Å². The first-order valence-corrected chi connectivity index (χ1v) is 11.4. The lowest BCUT2D eigenvalue weighted by Crippen LogP contribution is -2.18. The van der Waals surface area contributed by atoms with E-state index in [9.17, 15) is 4.79 Å². The molecule has 0 saturated heterocycles. The zero-order valence-electron chi connectivity index (χ0n) is 19.3. The second-order valence-corrected chi connectivity index (χ2v) is 8.16. The lowest BCUT2D eigenvalue weighted by molar-refractivity contribution is 0.0949. The van der Waals surface area contributed by atoms with Crippen LogP contribution in [0.2, 0.25) is 0 Å². The van der Waals surface area contributed by atoms with Gasteiger partial charge in [-0.2, -0.15) is 10.2 Å². The average molecular weight is 457 g/mol. The van der Waals surface area contributed by atoms with Gasteiger partial charge in [-0.25, -0.2) is 10.1 Å². The molecule has 5 aromatic rings. The largest absolute Gasteiger partial charge is 0.291 e. The molecule has 1 heterocycles. The Bertz CT molecular complexity index is 1470. The Balaban J connectivity index is 1.45.